The zero-order chi connectivity index (χ0) is 14.7. The van der Waals surface area contributed by atoms with Gasteiger partial charge in [-0.1, -0.05) is 12.1 Å². The summed E-state index contributed by atoms with van der Waals surface area (Å²) < 4.78 is 12.1. The zero-order valence-corrected chi connectivity index (χ0v) is 11.6. The van der Waals surface area contributed by atoms with Gasteiger partial charge in [0.05, 0.1) is 24.6 Å². The molecule has 0 aliphatic carbocycles. The van der Waals surface area contributed by atoms with Crippen molar-refractivity contribution in [2.24, 2.45) is 5.92 Å². The summed E-state index contributed by atoms with van der Waals surface area (Å²) in [6.45, 7) is 1.77. The van der Waals surface area contributed by atoms with Crippen LogP contribution in [0, 0.1) is 5.92 Å². The van der Waals surface area contributed by atoms with Crippen LogP contribution in [0.5, 0.6) is 0 Å². The van der Waals surface area contributed by atoms with Crippen molar-refractivity contribution in [1.29, 1.82) is 0 Å². The molecule has 21 heavy (non-hydrogen) atoms. The molecule has 2 N–H and O–H groups in total. The summed E-state index contributed by atoms with van der Waals surface area (Å²) in [5.41, 5.74) is 7.50. The van der Waals surface area contributed by atoms with Gasteiger partial charge < -0.3 is 15.2 Å². The van der Waals surface area contributed by atoms with Gasteiger partial charge in [0.2, 0.25) is 0 Å². The predicted molar refractivity (Wildman–Crippen MR) is 77.2 cm³/mol. The van der Waals surface area contributed by atoms with Crippen LogP contribution in [0.3, 0.4) is 0 Å². The Morgan fingerprint density at radius 1 is 1.43 bits per heavy atom. The van der Waals surface area contributed by atoms with Gasteiger partial charge in [-0.05, 0) is 24.6 Å². The summed E-state index contributed by atoms with van der Waals surface area (Å²) in [5.74, 6) is -0.129. The minimum absolute atomic E-state index is 0.275. The van der Waals surface area contributed by atoms with Crippen molar-refractivity contribution < 1.29 is 14.3 Å². The maximum atomic E-state index is 12.0. The fraction of sp³-hybridized carbons (Fsp3) is 0.333. The number of para-hydroxylation sites is 2. The number of carbonyl (C=O) groups is 1. The molecule has 1 aliphatic rings. The van der Waals surface area contributed by atoms with Crippen molar-refractivity contribution in [2.45, 2.75) is 6.42 Å². The molecular formula is C15H17N3O3. The van der Waals surface area contributed by atoms with Crippen LogP contribution in [-0.2, 0) is 9.47 Å². The Balaban J connectivity index is 1.66. The molecule has 1 saturated heterocycles. The number of nitrogens with zero attached hydrogens (tertiary/aromatic N) is 2. The third-order valence-electron chi connectivity index (χ3n) is 3.46. The summed E-state index contributed by atoms with van der Waals surface area (Å²) in [6.07, 6.45) is 2.63. The molecule has 3 rings (SSSR count). The van der Waals surface area contributed by atoms with Gasteiger partial charge in [0.15, 0.2) is 5.69 Å². The number of ether oxygens (including phenoxy) is 2. The second-order valence-electron chi connectivity index (χ2n) is 5.03. The molecule has 0 saturated carbocycles. The number of carbonyl (C=O) groups excluding carboxylic acids is 1. The van der Waals surface area contributed by atoms with Crippen molar-refractivity contribution in [2.75, 3.05) is 25.6 Å². The molecule has 110 valence electrons. The highest BCUT2D eigenvalue weighted by atomic mass is 16.5. The van der Waals surface area contributed by atoms with E-state index < -0.39 is 5.97 Å². The Labute approximate surface area is 122 Å². The Morgan fingerprint density at radius 3 is 3.05 bits per heavy atom. The van der Waals surface area contributed by atoms with Crippen LogP contribution in [0.2, 0.25) is 0 Å². The molecule has 1 aromatic heterocycles. The number of nitrogen functional groups attached to an aromatic ring is 1. The molecule has 1 unspecified atom stereocenters. The van der Waals surface area contributed by atoms with E-state index in [4.69, 9.17) is 15.2 Å². The Kier molecular flexibility index (Phi) is 3.87. The number of aromatic nitrogens is 2. The molecule has 0 amide bonds. The maximum Gasteiger partial charge on any atom is 0.358 e. The van der Waals surface area contributed by atoms with Gasteiger partial charge in [-0.2, -0.15) is 5.10 Å². The van der Waals surface area contributed by atoms with Crippen molar-refractivity contribution in [3.8, 4) is 5.69 Å². The molecule has 1 atom stereocenters. The normalized spacial score (nSPS) is 17.8. The number of esters is 1. The van der Waals surface area contributed by atoms with E-state index in [1.165, 1.54) is 0 Å². The van der Waals surface area contributed by atoms with Crippen LogP contribution in [0.15, 0.2) is 36.5 Å². The van der Waals surface area contributed by atoms with Gasteiger partial charge >= 0.3 is 5.97 Å². The highest BCUT2D eigenvalue weighted by molar-refractivity contribution is 5.87. The van der Waals surface area contributed by atoms with Crippen LogP contribution in [0.4, 0.5) is 5.69 Å². The highest BCUT2D eigenvalue weighted by Crippen LogP contribution is 2.16. The number of anilines is 1. The fourth-order valence-electron chi connectivity index (χ4n) is 2.25. The van der Waals surface area contributed by atoms with Crippen LogP contribution < -0.4 is 5.73 Å². The summed E-state index contributed by atoms with van der Waals surface area (Å²) in [7, 11) is 0. The number of hydrogen-bond donors (Lipinski definition) is 1. The lowest BCUT2D eigenvalue weighted by Gasteiger charge is -2.07. The average Bonchev–Trinajstić information content (AvgIpc) is 3.17. The van der Waals surface area contributed by atoms with E-state index in [1.54, 1.807) is 23.0 Å². The molecule has 1 aromatic carbocycles. The Morgan fingerprint density at radius 2 is 2.29 bits per heavy atom. The lowest BCUT2D eigenvalue weighted by molar-refractivity contribution is 0.0421. The van der Waals surface area contributed by atoms with Crippen LogP contribution in [0.1, 0.15) is 16.9 Å². The summed E-state index contributed by atoms with van der Waals surface area (Å²) in [6, 6.07) is 8.97. The van der Waals surface area contributed by atoms with Crippen LogP contribution >= 0.6 is 0 Å². The minimum Gasteiger partial charge on any atom is -0.461 e. The van der Waals surface area contributed by atoms with Gasteiger partial charge in [-0.3, -0.25) is 0 Å². The second kappa shape index (κ2) is 5.97. The second-order valence-corrected chi connectivity index (χ2v) is 5.03. The van der Waals surface area contributed by atoms with E-state index >= 15 is 0 Å². The fourth-order valence-corrected chi connectivity index (χ4v) is 2.25. The lowest BCUT2D eigenvalue weighted by atomic mass is 10.1. The minimum atomic E-state index is -0.421. The monoisotopic (exact) mass is 287 g/mol. The molecule has 1 aliphatic heterocycles. The van der Waals surface area contributed by atoms with Gasteiger partial charge in [0, 0.05) is 18.7 Å². The van der Waals surface area contributed by atoms with Crippen molar-refractivity contribution in [1.82, 2.24) is 9.78 Å². The van der Waals surface area contributed by atoms with Gasteiger partial charge in [0.25, 0.3) is 0 Å². The quantitative estimate of drug-likeness (QED) is 0.683. The Bertz CT molecular complexity index is 633. The van der Waals surface area contributed by atoms with Crippen molar-refractivity contribution in [3.05, 3.63) is 42.2 Å². The standard InChI is InChI=1S/C15H17N3O3/c16-12-3-1-2-4-14(12)18-7-5-13(17-18)15(19)21-10-11-6-8-20-9-11/h1-5,7,11H,6,8-10,16H2. The molecule has 6 heteroatoms. The Hall–Kier alpha value is -2.34. The van der Waals surface area contributed by atoms with E-state index in [1.807, 2.05) is 18.2 Å². The molecule has 6 nitrogen and oxygen atoms in total. The van der Waals surface area contributed by atoms with E-state index in [9.17, 15) is 4.79 Å². The summed E-state index contributed by atoms with van der Waals surface area (Å²) in [5, 5.41) is 4.22. The molecule has 1 fully saturated rings. The summed E-state index contributed by atoms with van der Waals surface area (Å²) in [4.78, 5) is 12.0. The molecular weight excluding hydrogens is 270 g/mol. The lowest BCUT2D eigenvalue weighted by Crippen LogP contribution is -2.15. The van der Waals surface area contributed by atoms with Crippen LogP contribution in [-0.4, -0.2) is 35.6 Å². The number of benzene rings is 1. The van der Waals surface area contributed by atoms with E-state index in [-0.39, 0.29) is 5.69 Å². The average molecular weight is 287 g/mol. The highest BCUT2D eigenvalue weighted by Gasteiger charge is 2.19. The van der Waals surface area contributed by atoms with Gasteiger partial charge in [0.1, 0.15) is 0 Å². The van der Waals surface area contributed by atoms with Gasteiger partial charge in [-0.25, -0.2) is 9.48 Å². The first kappa shape index (κ1) is 13.6. The van der Waals surface area contributed by atoms with E-state index in [0.717, 1.165) is 18.7 Å². The van der Waals surface area contributed by atoms with E-state index in [0.29, 0.717) is 24.8 Å². The molecule has 2 aromatic rings. The SMILES string of the molecule is Nc1ccccc1-n1ccc(C(=O)OCC2CCOC2)n1. The maximum absolute atomic E-state index is 12.0. The third-order valence-corrected chi connectivity index (χ3v) is 3.46. The van der Waals surface area contributed by atoms with Crippen molar-refractivity contribution >= 4 is 11.7 Å². The van der Waals surface area contributed by atoms with Crippen LogP contribution in [0.25, 0.3) is 5.69 Å². The number of nitrogens with two attached hydrogens (primary N) is 1. The smallest absolute Gasteiger partial charge is 0.358 e. The van der Waals surface area contributed by atoms with Gasteiger partial charge in [-0.15, -0.1) is 0 Å². The predicted octanol–water partition coefficient (Wildman–Crippen LogP) is 1.65. The first-order chi connectivity index (χ1) is 10.2. The zero-order valence-electron chi connectivity index (χ0n) is 11.6. The molecule has 0 radical (unpaired) electrons. The first-order valence-electron chi connectivity index (χ1n) is 6.89. The first-order valence-corrected chi connectivity index (χ1v) is 6.89. The van der Waals surface area contributed by atoms with E-state index in [2.05, 4.69) is 5.10 Å². The number of rotatable bonds is 4. The molecule has 0 bridgehead atoms. The molecule has 0 spiro atoms. The topological polar surface area (TPSA) is 79.4 Å². The third kappa shape index (κ3) is 3.05. The van der Waals surface area contributed by atoms with Crippen molar-refractivity contribution in [3.63, 3.8) is 0 Å². The number of hydrogen-bond acceptors (Lipinski definition) is 5. The largest absolute Gasteiger partial charge is 0.461 e. The summed E-state index contributed by atoms with van der Waals surface area (Å²) >= 11 is 0. The molecule has 2 heterocycles.